The van der Waals surface area contributed by atoms with Gasteiger partial charge in [-0.25, -0.2) is 4.79 Å². The summed E-state index contributed by atoms with van der Waals surface area (Å²) in [6.45, 7) is 10.5. The second kappa shape index (κ2) is 6.62. The van der Waals surface area contributed by atoms with Crippen molar-refractivity contribution < 1.29 is 18.8 Å². The van der Waals surface area contributed by atoms with E-state index in [1.54, 1.807) is 11.0 Å². The van der Waals surface area contributed by atoms with Crippen LogP contribution in [0.5, 0.6) is 0 Å². The van der Waals surface area contributed by atoms with Crippen molar-refractivity contribution in [2.45, 2.75) is 45.8 Å². The number of aromatic nitrogens is 1. The number of nitrogens with one attached hydrogen (secondary N) is 1. The lowest BCUT2D eigenvalue weighted by Gasteiger charge is -2.27. The molecule has 1 saturated heterocycles. The first-order valence-corrected chi connectivity index (χ1v) is 10.2. The Bertz CT molecular complexity index is 966. The molecule has 2 heterocycles. The van der Waals surface area contributed by atoms with Gasteiger partial charge < -0.3 is 19.5 Å². The molecule has 8 heteroatoms. The molecule has 0 spiro atoms. The largest absolute Gasteiger partial charge is 0.444 e. The molecule has 0 radical (unpaired) electrons. The number of benzene rings is 1. The molecular weight excluding hydrogens is 394 g/mol. The molecule has 1 unspecified atom stereocenters. The molecule has 29 heavy (non-hydrogen) atoms. The first-order chi connectivity index (χ1) is 13.5. The number of carbonyl (C=O) groups is 2. The standard InChI is InChI=1S/C21H26ClN3O4/c1-20(2,3)28-19(27)25-9-12-13(10-25)15(12)18(26)23-21(4,5)17-11-7-6-8-14(22)16(11)29-24-17/h6-8,12-13,15H,9-10H2,1-5H3,(H,23,26)/t12-,13+,15?. The molecule has 2 aromatic rings. The number of halogens is 1. The zero-order chi connectivity index (χ0) is 21.1. The quantitative estimate of drug-likeness (QED) is 0.814. The van der Waals surface area contributed by atoms with Crippen LogP contribution >= 0.6 is 11.6 Å². The Morgan fingerprint density at radius 1 is 1.21 bits per heavy atom. The number of likely N-dealkylation sites (tertiary alicyclic amines) is 1. The Labute approximate surface area is 174 Å². The van der Waals surface area contributed by atoms with E-state index in [4.69, 9.17) is 20.9 Å². The normalized spacial score (nSPS) is 23.8. The van der Waals surface area contributed by atoms with Gasteiger partial charge in [0.15, 0.2) is 5.58 Å². The second-order valence-corrected chi connectivity index (χ2v) is 9.91. The summed E-state index contributed by atoms with van der Waals surface area (Å²) < 4.78 is 10.8. The summed E-state index contributed by atoms with van der Waals surface area (Å²) in [4.78, 5) is 26.8. The number of piperidine rings is 1. The van der Waals surface area contributed by atoms with E-state index in [1.807, 2.05) is 46.8 Å². The van der Waals surface area contributed by atoms with Crippen molar-refractivity contribution in [1.82, 2.24) is 15.4 Å². The number of rotatable bonds is 3. The first-order valence-electron chi connectivity index (χ1n) is 9.82. The van der Waals surface area contributed by atoms with Crippen LogP contribution in [0.25, 0.3) is 11.0 Å². The number of carbonyl (C=O) groups excluding carboxylic acids is 2. The van der Waals surface area contributed by atoms with Gasteiger partial charge in [0.1, 0.15) is 11.3 Å². The lowest BCUT2D eigenvalue weighted by atomic mass is 9.96. The molecule has 1 aliphatic carbocycles. The van der Waals surface area contributed by atoms with E-state index in [1.165, 1.54) is 0 Å². The SMILES string of the molecule is CC(C)(C)OC(=O)N1C[C@@H]2C(C(=O)NC(C)(C)c3noc4c(Cl)cccc34)[C@@H]2C1. The fourth-order valence-corrected chi connectivity index (χ4v) is 4.43. The Morgan fingerprint density at radius 2 is 1.86 bits per heavy atom. The van der Waals surface area contributed by atoms with Gasteiger partial charge in [-0.3, -0.25) is 4.79 Å². The Morgan fingerprint density at radius 3 is 2.48 bits per heavy atom. The van der Waals surface area contributed by atoms with Gasteiger partial charge in [0.05, 0.1) is 10.6 Å². The summed E-state index contributed by atoms with van der Waals surface area (Å²) in [7, 11) is 0. The lowest BCUT2D eigenvalue weighted by molar-refractivity contribution is -0.125. The van der Waals surface area contributed by atoms with E-state index in [-0.39, 0.29) is 29.8 Å². The molecule has 1 N–H and O–H groups in total. The van der Waals surface area contributed by atoms with Crippen LogP contribution in [0, 0.1) is 17.8 Å². The Hall–Kier alpha value is -2.28. The summed E-state index contributed by atoms with van der Waals surface area (Å²) in [5, 5.41) is 8.54. The summed E-state index contributed by atoms with van der Waals surface area (Å²) in [5.74, 6) is 0.255. The zero-order valence-corrected chi connectivity index (χ0v) is 18.0. The Balaban J connectivity index is 1.40. The minimum atomic E-state index is -0.714. The molecule has 2 amide bonds. The van der Waals surface area contributed by atoms with Crippen LogP contribution in [0.3, 0.4) is 0 Å². The zero-order valence-electron chi connectivity index (χ0n) is 17.3. The molecule has 3 atom stereocenters. The van der Waals surface area contributed by atoms with Crippen LogP contribution in [-0.4, -0.2) is 40.7 Å². The van der Waals surface area contributed by atoms with Gasteiger partial charge in [0.2, 0.25) is 5.91 Å². The van der Waals surface area contributed by atoms with Crippen molar-refractivity contribution in [3.05, 3.63) is 28.9 Å². The van der Waals surface area contributed by atoms with Crippen molar-refractivity contribution >= 4 is 34.6 Å². The van der Waals surface area contributed by atoms with Crippen LogP contribution in [0.15, 0.2) is 22.7 Å². The van der Waals surface area contributed by atoms with E-state index in [2.05, 4.69) is 10.5 Å². The number of hydrogen-bond acceptors (Lipinski definition) is 5. The maximum atomic E-state index is 12.9. The van der Waals surface area contributed by atoms with Crippen LogP contribution in [0.2, 0.25) is 5.02 Å². The number of hydrogen-bond donors (Lipinski definition) is 1. The van der Waals surface area contributed by atoms with Crippen molar-refractivity contribution in [1.29, 1.82) is 0 Å². The maximum Gasteiger partial charge on any atom is 0.410 e. The molecule has 1 aromatic carbocycles. The number of para-hydroxylation sites is 1. The molecule has 4 rings (SSSR count). The van der Waals surface area contributed by atoms with Gasteiger partial charge in [0.25, 0.3) is 0 Å². The topological polar surface area (TPSA) is 84.7 Å². The third kappa shape index (κ3) is 3.68. The highest BCUT2D eigenvalue weighted by molar-refractivity contribution is 6.34. The molecule has 156 valence electrons. The minimum absolute atomic E-state index is 0.0213. The number of ether oxygens (including phenoxy) is 1. The number of amides is 2. The molecule has 2 aliphatic rings. The molecule has 1 aromatic heterocycles. The van der Waals surface area contributed by atoms with Crippen LogP contribution in [0.4, 0.5) is 4.79 Å². The molecular formula is C21H26ClN3O4. The molecule has 1 saturated carbocycles. The van der Waals surface area contributed by atoms with Gasteiger partial charge >= 0.3 is 6.09 Å². The molecule has 7 nitrogen and oxygen atoms in total. The van der Waals surface area contributed by atoms with Gasteiger partial charge in [0, 0.05) is 24.4 Å². The highest BCUT2D eigenvalue weighted by Gasteiger charge is 2.61. The van der Waals surface area contributed by atoms with Crippen LogP contribution in [-0.2, 0) is 15.1 Å². The van der Waals surface area contributed by atoms with Crippen molar-refractivity contribution in [2.24, 2.45) is 17.8 Å². The van der Waals surface area contributed by atoms with Crippen LogP contribution in [0.1, 0.15) is 40.3 Å². The summed E-state index contributed by atoms with van der Waals surface area (Å²) in [6.07, 6.45) is -0.310. The molecule has 2 fully saturated rings. The van der Waals surface area contributed by atoms with Crippen molar-refractivity contribution in [2.75, 3.05) is 13.1 Å². The number of fused-ring (bicyclic) bond motifs is 2. The van der Waals surface area contributed by atoms with Gasteiger partial charge in [-0.15, -0.1) is 0 Å². The molecule has 0 bridgehead atoms. The maximum absolute atomic E-state index is 12.9. The van der Waals surface area contributed by atoms with Crippen molar-refractivity contribution in [3.63, 3.8) is 0 Å². The predicted octanol–water partition coefficient (Wildman–Crippen LogP) is 3.95. The summed E-state index contributed by atoms with van der Waals surface area (Å²) in [6, 6.07) is 5.46. The van der Waals surface area contributed by atoms with Gasteiger partial charge in [-0.2, -0.15) is 0 Å². The summed E-state index contributed by atoms with van der Waals surface area (Å²) >= 11 is 6.17. The van der Waals surface area contributed by atoms with E-state index in [0.717, 1.165) is 5.39 Å². The van der Waals surface area contributed by atoms with Gasteiger partial charge in [-0.1, -0.05) is 22.8 Å². The fourth-order valence-electron chi connectivity index (χ4n) is 4.22. The predicted molar refractivity (Wildman–Crippen MR) is 108 cm³/mol. The lowest BCUT2D eigenvalue weighted by Crippen LogP contribution is -2.44. The van der Waals surface area contributed by atoms with Crippen molar-refractivity contribution in [3.8, 4) is 0 Å². The average molecular weight is 420 g/mol. The van der Waals surface area contributed by atoms with Crippen LogP contribution < -0.4 is 5.32 Å². The van der Waals surface area contributed by atoms with E-state index in [0.29, 0.717) is 29.4 Å². The van der Waals surface area contributed by atoms with E-state index in [9.17, 15) is 9.59 Å². The Kier molecular flexibility index (Phi) is 4.57. The second-order valence-electron chi connectivity index (χ2n) is 9.50. The minimum Gasteiger partial charge on any atom is -0.444 e. The smallest absolute Gasteiger partial charge is 0.410 e. The number of nitrogens with zero attached hydrogens (tertiary/aromatic N) is 2. The van der Waals surface area contributed by atoms with E-state index < -0.39 is 11.1 Å². The first kappa shape index (κ1) is 20.0. The third-order valence-corrected chi connectivity index (χ3v) is 5.92. The van der Waals surface area contributed by atoms with Gasteiger partial charge in [-0.05, 0) is 58.6 Å². The van der Waals surface area contributed by atoms with E-state index >= 15 is 0 Å². The highest BCUT2D eigenvalue weighted by Crippen LogP contribution is 2.52. The third-order valence-electron chi connectivity index (χ3n) is 5.63. The highest BCUT2D eigenvalue weighted by atomic mass is 35.5. The average Bonchev–Trinajstić information content (AvgIpc) is 2.96. The fraction of sp³-hybridized carbons (Fsp3) is 0.571. The monoisotopic (exact) mass is 419 g/mol. The summed E-state index contributed by atoms with van der Waals surface area (Å²) in [5.41, 5.74) is -0.0739. The molecule has 1 aliphatic heterocycles.